The van der Waals surface area contributed by atoms with Gasteiger partial charge in [0.05, 0.1) is 18.1 Å². The molecule has 0 aliphatic carbocycles. The highest BCUT2D eigenvalue weighted by molar-refractivity contribution is 7.89. The minimum atomic E-state index is -3.17. The van der Waals surface area contributed by atoms with Gasteiger partial charge in [0.1, 0.15) is 5.76 Å². The number of hydrogen-bond acceptors (Lipinski definition) is 3. The molecule has 1 rings (SSSR count). The maximum Gasteiger partial charge on any atom is 0.212 e. The highest BCUT2D eigenvalue weighted by Crippen LogP contribution is 2.13. The molecule has 1 heterocycles. The van der Waals surface area contributed by atoms with E-state index in [2.05, 4.69) is 4.72 Å². The van der Waals surface area contributed by atoms with Crippen molar-refractivity contribution in [3.8, 4) is 0 Å². The van der Waals surface area contributed by atoms with Gasteiger partial charge in [-0.3, -0.25) is 0 Å². The molecule has 1 atom stereocenters. The molecule has 0 aromatic carbocycles. The summed E-state index contributed by atoms with van der Waals surface area (Å²) in [6.07, 6.45) is 2.14. The van der Waals surface area contributed by atoms with Gasteiger partial charge in [0, 0.05) is 0 Å². The second kappa shape index (κ2) is 4.61. The molecule has 0 aliphatic heterocycles. The molecule has 0 amide bonds. The van der Waals surface area contributed by atoms with Crippen LogP contribution in [-0.4, -0.2) is 14.2 Å². The molecule has 0 saturated heterocycles. The van der Waals surface area contributed by atoms with Crippen LogP contribution in [-0.2, 0) is 10.0 Å². The lowest BCUT2D eigenvalue weighted by Crippen LogP contribution is -2.28. The fourth-order valence-corrected chi connectivity index (χ4v) is 2.50. The summed E-state index contributed by atoms with van der Waals surface area (Å²) in [7, 11) is -3.17. The van der Waals surface area contributed by atoms with Crippen molar-refractivity contribution in [2.75, 3.05) is 5.75 Å². The summed E-state index contributed by atoms with van der Waals surface area (Å²) in [6.45, 7) is 3.59. The van der Waals surface area contributed by atoms with E-state index in [1.807, 2.05) is 6.92 Å². The van der Waals surface area contributed by atoms with Crippen LogP contribution in [0.4, 0.5) is 0 Å². The molecule has 80 valence electrons. The Hall–Kier alpha value is -0.810. The van der Waals surface area contributed by atoms with E-state index in [4.69, 9.17) is 4.42 Å². The molecule has 0 saturated carbocycles. The van der Waals surface area contributed by atoms with Crippen molar-refractivity contribution in [1.82, 2.24) is 4.72 Å². The first-order valence-corrected chi connectivity index (χ1v) is 6.24. The summed E-state index contributed by atoms with van der Waals surface area (Å²) < 4.78 is 30.4. The van der Waals surface area contributed by atoms with Crippen molar-refractivity contribution >= 4 is 10.0 Å². The molecule has 0 bridgehead atoms. The molecule has 4 nitrogen and oxygen atoms in total. The summed E-state index contributed by atoms with van der Waals surface area (Å²) >= 11 is 0. The molecule has 1 unspecified atom stereocenters. The first-order valence-electron chi connectivity index (χ1n) is 4.58. The highest BCUT2D eigenvalue weighted by Gasteiger charge is 2.16. The maximum absolute atomic E-state index is 11.4. The van der Waals surface area contributed by atoms with E-state index in [1.54, 1.807) is 19.1 Å². The van der Waals surface area contributed by atoms with Crippen LogP contribution < -0.4 is 4.72 Å². The minimum absolute atomic E-state index is 0.151. The Balaban J connectivity index is 2.61. The normalized spacial score (nSPS) is 14.1. The van der Waals surface area contributed by atoms with E-state index >= 15 is 0 Å². The Morgan fingerprint density at radius 3 is 2.79 bits per heavy atom. The van der Waals surface area contributed by atoms with Gasteiger partial charge in [-0.2, -0.15) is 0 Å². The van der Waals surface area contributed by atoms with Crippen LogP contribution in [0.2, 0.25) is 0 Å². The Bertz CT molecular complexity index is 355. The fraction of sp³-hybridized carbons (Fsp3) is 0.556. The first-order chi connectivity index (χ1) is 6.55. The number of hydrogen-bond donors (Lipinski definition) is 1. The summed E-state index contributed by atoms with van der Waals surface area (Å²) in [5.74, 6) is 0.780. The minimum Gasteiger partial charge on any atom is -0.468 e. The number of furan rings is 1. The summed E-state index contributed by atoms with van der Waals surface area (Å²) in [4.78, 5) is 0. The van der Waals surface area contributed by atoms with E-state index in [9.17, 15) is 8.42 Å². The Morgan fingerprint density at radius 1 is 1.57 bits per heavy atom. The van der Waals surface area contributed by atoms with Gasteiger partial charge >= 0.3 is 0 Å². The van der Waals surface area contributed by atoms with E-state index in [-0.39, 0.29) is 11.8 Å². The van der Waals surface area contributed by atoms with Crippen molar-refractivity contribution < 1.29 is 12.8 Å². The largest absolute Gasteiger partial charge is 0.468 e. The molecule has 1 aromatic heterocycles. The third kappa shape index (κ3) is 3.16. The maximum atomic E-state index is 11.4. The smallest absolute Gasteiger partial charge is 0.212 e. The van der Waals surface area contributed by atoms with Crippen molar-refractivity contribution in [3.63, 3.8) is 0 Å². The Morgan fingerprint density at radius 2 is 2.29 bits per heavy atom. The van der Waals surface area contributed by atoms with Gasteiger partial charge in [0.25, 0.3) is 0 Å². The van der Waals surface area contributed by atoms with E-state index in [0.29, 0.717) is 12.2 Å². The number of nitrogens with one attached hydrogen (secondary N) is 1. The Kier molecular flexibility index (Phi) is 3.71. The fourth-order valence-electron chi connectivity index (χ4n) is 1.19. The number of rotatable bonds is 5. The van der Waals surface area contributed by atoms with Gasteiger partial charge < -0.3 is 4.42 Å². The lowest BCUT2D eigenvalue weighted by atomic mass is 10.3. The van der Waals surface area contributed by atoms with Crippen molar-refractivity contribution in [3.05, 3.63) is 24.2 Å². The second-order valence-corrected chi connectivity index (χ2v) is 5.05. The summed E-state index contributed by atoms with van der Waals surface area (Å²) in [5.41, 5.74) is 0. The first kappa shape index (κ1) is 11.3. The molecular formula is C9H15NO3S. The molecule has 0 radical (unpaired) electrons. The van der Waals surface area contributed by atoms with Gasteiger partial charge in [0.15, 0.2) is 0 Å². The molecule has 0 spiro atoms. The van der Waals surface area contributed by atoms with Crippen LogP contribution in [0.3, 0.4) is 0 Å². The molecular weight excluding hydrogens is 202 g/mol. The lowest BCUT2D eigenvalue weighted by molar-refractivity contribution is 0.459. The quantitative estimate of drug-likeness (QED) is 0.816. The molecule has 1 aromatic rings. The van der Waals surface area contributed by atoms with E-state index in [0.717, 1.165) is 0 Å². The van der Waals surface area contributed by atoms with Gasteiger partial charge in [0.2, 0.25) is 10.0 Å². The predicted octanol–water partition coefficient (Wildman–Crippen LogP) is 1.67. The Labute approximate surface area is 84.4 Å². The van der Waals surface area contributed by atoms with Gasteiger partial charge in [-0.25, -0.2) is 13.1 Å². The topological polar surface area (TPSA) is 59.3 Å². The van der Waals surface area contributed by atoms with Crippen LogP contribution >= 0.6 is 0 Å². The standard InChI is InChI=1S/C9H15NO3S/c1-3-7-14(11,12)10-8(2)9-5-4-6-13-9/h4-6,8,10H,3,7H2,1-2H3. The summed E-state index contributed by atoms with van der Waals surface area (Å²) in [6, 6.07) is 3.18. The molecule has 5 heteroatoms. The SMILES string of the molecule is CCCS(=O)(=O)NC(C)c1ccco1. The summed E-state index contributed by atoms with van der Waals surface area (Å²) in [5, 5.41) is 0. The van der Waals surface area contributed by atoms with Gasteiger partial charge in [-0.15, -0.1) is 0 Å². The molecule has 0 fully saturated rings. The van der Waals surface area contributed by atoms with Crippen LogP contribution in [0.1, 0.15) is 32.1 Å². The zero-order valence-corrected chi connectivity index (χ0v) is 9.17. The monoisotopic (exact) mass is 217 g/mol. The van der Waals surface area contributed by atoms with Crippen molar-refractivity contribution in [1.29, 1.82) is 0 Å². The van der Waals surface area contributed by atoms with Gasteiger partial charge in [-0.05, 0) is 25.5 Å². The number of sulfonamides is 1. The van der Waals surface area contributed by atoms with Gasteiger partial charge in [-0.1, -0.05) is 6.92 Å². The van der Waals surface area contributed by atoms with E-state index in [1.165, 1.54) is 6.26 Å². The third-order valence-electron chi connectivity index (χ3n) is 1.80. The van der Waals surface area contributed by atoms with Crippen LogP contribution in [0.25, 0.3) is 0 Å². The molecule has 1 N–H and O–H groups in total. The van der Waals surface area contributed by atoms with Crippen molar-refractivity contribution in [2.24, 2.45) is 0 Å². The van der Waals surface area contributed by atoms with Crippen LogP contribution in [0.5, 0.6) is 0 Å². The third-order valence-corrected chi connectivity index (χ3v) is 3.46. The highest BCUT2D eigenvalue weighted by atomic mass is 32.2. The van der Waals surface area contributed by atoms with E-state index < -0.39 is 10.0 Å². The zero-order valence-electron chi connectivity index (χ0n) is 8.36. The molecule has 14 heavy (non-hydrogen) atoms. The second-order valence-electron chi connectivity index (χ2n) is 3.17. The average molecular weight is 217 g/mol. The molecule has 0 aliphatic rings. The van der Waals surface area contributed by atoms with Crippen molar-refractivity contribution in [2.45, 2.75) is 26.3 Å². The zero-order chi connectivity index (χ0) is 10.6. The predicted molar refractivity (Wildman–Crippen MR) is 54.3 cm³/mol. The van der Waals surface area contributed by atoms with Crippen LogP contribution in [0.15, 0.2) is 22.8 Å². The lowest BCUT2D eigenvalue weighted by Gasteiger charge is -2.10. The van der Waals surface area contributed by atoms with Crippen LogP contribution in [0, 0.1) is 0 Å². The average Bonchev–Trinajstić information content (AvgIpc) is 2.53.